The van der Waals surface area contributed by atoms with Crippen LogP contribution in [0.25, 0.3) is 0 Å². The van der Waals surface area contributed by atoms with E-state index in [4.69, 9.17) is 16.3 Å². The van der Waals surface area contributed by atoms with E-state index < -0.39 is 30.6 Å². The number of hydrogen-bond donors (Lipinski definition) is 4. The van der Waals surface area contributed by atoms with Crippen molar-refractivity contribution in [1.82, 2.24) is 10.2 Å². The molecule has 1 saturated heterocycles. The first-order valence-electron chi connectivity index (χ1n) is 6.83. The van der Waals surface area contributed by atoms with E-state index in [0.29, 0.717) is 0 Å². The first-order valence-corrected chi connectivity index (χ1v) is 8.24. The Kier molecular flexibility index (Phi) is 6.42. The zero-order valence-corrected chi connectivity index (χ0v) is 13.3. The van der Waals surface area contributed by atoms with Crippen molar-refractivity contribution in [2.75, 3.05) is 19.0 Å². The van der Waals surface area contributed by atoms with Gasteiger partial charge in [0.2, 0.25) is 0 Å². The maximum absolute atomic E-state index is 12.3. The Hall–Kier alpha value is -0.900. The quantitative estimate of drug-likeness (QED) is 0.557. The van der Waals surface area contributed by atoms with Crippen LogP contribution in [0.1, 0.15) is 4.88 Å². The van der Waals surface area contributed by atoms with Gasteiger partial charge in [-0.2, -0.15) is 0 Å². The van der Waals surface area contributed by atoms with Gasteiger partial charge in [0.05, 0.1) is 13.2 Å². The minimum absolute atomic E-state index is 0.160. The van der Waals surface area contributed by atoms with Crippen molar-refractivity contribution >= 4 is 29.0 Å². The number of alkyl halides is 1. The van der Waals surface area contributed by atoms with E-state index in [0.717, 1.165) is 4.88 Å². The molecule has 124 valence electrons. The number of ether oxygens (including phenoxy) is 1. The largest absolute Gasteiger partial charge is 0.388 e. The molecule has 2 amide bonds. The van der Waals surface area contributed by atoms with Gasteiger partial charge in [-0.05, 0) is 11.4 Å². The fourth-order valence-electron chi connectivity index (χ4n) is 2.17. The Morgan fingerprint density at radius 2 is 2.23 bits per heavy atom. The number of aliphatic hydroxyl groups is 3. The Balaban J connectivity index is 2.13. The van der Waals surface area contributed by atoms with Crippen LogP contribution in [-0.2, 0) is 11.3 Å². The van der Waals surface area contributed by atoms with Gasteiger partial charge in [0.15, 0.2) is 6.23 Å². The van der Waals surface area contributed by atoms with Gasteiger partial charge >= 0.3 is 6.03 Å². The summed E-state index contributed by atoms with van der Waals surface area (Å²) in [7, 11) is 0. The summed E-state index contributed by atoms with van der Waals surface area (Å²) in [6.07, 6.45) is -4.99. The van der Waals surface area contributed by atoms with Gasteiger partial charge in [0, 0.05) is 17.3 Å². The highest BCUT2D eigenvalue weighted by Gasteiger charge is 2.42. The van der Waals surface area contributed by atoms with Crippen molar-refractivity contribution in [1.29, 1.82) is 0 Å². The summed E-state index contributed by atoms with van der Waals surface area (Å²) in [6, 6.07) is 3.25. The molecule has 0 aliphatic carbocycles. The van der Waals surface area contributed by atoms with E-state index in [2.05, 4.69) is 5.32 Å². The lowest BCUT2D eigenvalue weighted by Gasteiger charge is -2.41. The van der Waals surface area contributed by atoms with Crippen LogP contribution in [0.4, 0.5) is 4.79 Å². The molecule has 1 aromatic heterocycles. The molecule has 1 aromatic rings. The molecule has 0 aromatic carbocycles. The molecule has 1 aliphatic rings. The van der Waals surface area contributed by atoms with Gasteiger partial charge in [-0.25, -0.2) is 4.79 Å². The summed E-state index contributed by atoms with van der Waals surface area (Å²) < 4.78 is 5.36. The Bertz CT molecular complexity index is 475. The predicted molar refractivity (Wildman–Crippen MR) is 81.7 cm³/mol. The van der Waals surface area contributed by atoms with E-state index in [1.807, 2.05) is 17.5 Å². The van der Waals surface area contributed by atoms with Crippen LogP contribution in [0.15, 0.2) is 17.5 Å². The van der Waals surface area contributed by atoms with Crippen LogP contribution < -0.4 is 5.32 Å². The Morgan fingerprint density at radius 1 is 1.45 bits per heavy atom. The molecule has 2 rings (SSSR count). The fraction of sp³-hybridized carbons (Fsp3) is 0.615. The standard InChI is InChI=1S/C13H19ClN2O5S/c14-3-4-15-13(20)16(6-8-2-1-5-22-8)12-11(19)10(18)9(17)7-21-12/h1-2,5,9-12,17-19H,3-4,6-7H2,(H,15,20)/t9-,10-,11+,12-/m1/s1. The van der Waals surface area contributed by atoms with Crippen molar-refractivity contribution < 1.29 is 24.9 Å². The molecule has 0 unspecified atom stereocenters. The number of nitrogens with zero attached hydrogens (tertiary/aromatic N) is 1. The summed E-state index contributed by atoms with van der Waals surface area (Å²) >= 11 is 7.03. The molecule has 0 spiro atoms. The monoisotopic (exact) mass is 350 g/mol. The molecule has 7 nitrogen and oxygen atoms in total. The lowest BCUT2D eigenvalue weighted by atomic mass is 10.0. The number of carbonyl (C=O) groups excluding carboxylic acids is 1. The number of halogens is 1. The number of hydrogen-bond acceptors (Lipinski definition) is 6. The Labute approximate surface area is 137 Å². The van der Waals surface area contributed by atoms with Gasteiger partial charge in [-0.3, -0.25) is 4.90 Å². The average Bonchev–Trinajstić information content (AvgIpc) is 3.02. The molecule has 0 bridgehead atoms. The van der Waals surface area contributed by atoms with Gasteiger partial charge in [0.1, 0.15) is 18.3 Å². The van der Waals surface area contributed by atoms with Gasteiger partial charge in [0.25, 0.3) is 0 Å². The molecule has 2 heterocycles. The van der Waals surface area contributed by atoms with Crippen molar-refractivity contribution in [3.05, 3.63) is 22.4 Å². The van der Waals surface area contributed by atoms with Crippen LogP contribution in [-0.4, -0.2) is 69.8 Å². The van der Waals surface area contributed by atoms with Crippen LogP contribution in [0, 0.1) is 0 Å². The third-order valence-electron chi connectivity index (χ3n) is 3.32. The molecule has 9 heteroatoms. The number of amides is 2. The molecular weight excluding hydrogens is 332 g/mol. The van der Waals surface area contributed by atoms with Crippen LogP contribution in [0.5, 0.6) is 0 Å². The van der Waals surface area contributed by atoms with E-state index in [9.17, 15) is 20.1 Å². The maximum atomic E-state index is 12.3. The summed E-state index contributed by atoms with van der Waals surface area (Å²) in [5, 5.41) is 33.9. The van der Waals surface area contributed by atoms with E-state index in [1.54, 1.807) is 0 Å². The number of aliphatic hydroxyl groups excluding tert-OH is 3. The van der Waals surface area contributed by atoms with Crippen molar-refractivity contribution in [3.63, 3.8) is 0 Å². The van der Waals surface area contributed by atoms with Crippen molar-refractivity contribution in [2.24, 2.45) is 0 Å². The minimum atomic E-state index is -1.40. The smallest absolute Gasteiger partial charge is 0.319 e. The summed E-state index contributed by atoms with van der Waals surface area (Å²) in [5.74, 6) is 0.258. The maximum Gasteiger partial charge on any atom is 0.319 e. The van der Waals surface area contributed by atoms with Crippen LogP contribution >= 0.6 is 22.9 Å². The number of urea groups is 1. The molecule has 4 N–H and O–H groups in total. The Morgan fingerprint density at radius 3 is 2.86 bits per heavy atom. The topological polar surface area (TPSA) is 102 Å². The zero-order valence-electron chi connectivity index (χ0n) is 11.8. The van der Waals surface area contributed by atoms with E-state index in [1.165, 1.54) is 16.2 Å². The van der Waals surface area contributed by atoms with E-state index in [-0.39, 0.29) is 25.6 Å². The SMILES string of the molecule is O=C(NCCCl)N(Cc1cccs1)[C@@H]1OC[C@@H](O)[C@@H](O)[C@@H]1O. The van der Waals surface area contributed by atoms with Crippen LogP contribution in [0.2, 0.25) is 0 Å². The molecular formula is C13H19ClN2O5S. The van der Waals surface area contributed by atoms with Gasteiger partial charge < -0.3 is 25.4 Å². The molecule has 22 heavy (non-hydrogen) atoms. The average molecular weight is 351 g/mol. The van der Waals surface area contributed by atoms with Gasteiger partial charge in [-0.1, -0.05) is 6.07 Å². The zero-order chi connectivity index (χ0) is 16.1. The van der Waals surface area contributed by atoms with Gasteiger partial charge in [-0.15, -0.1) is 22.9 Å². The summed E-state index contributed by atoms with van der Waals surface area (Å²) in [6.45, 7) is 0.332. The highest BCUT2D eigenvalue weighted by Crippen LogP contribution is 2.22. The molecule has 1 aliphatic heterocycles. The second-order valence-electron chi connectivity index (χ2n) is 4.90. The van der Waals surface area contributed by atoms with Crippen molar-refractivity contribution in [2.45, 2.75) is 31.1 Å². The summed E-state index contributed by atoms with van der Waals surface area (Å²) in [5.41, 5.74) is 0. The third kappa shape index (κ3) is 4.09. The molecule has 4 atom stereocenters. The highest BCUT2D eigenvalue weighted by atomic mass is 35.5. The first-order chi connectivity index (χ1) is 10.5. The third-order valence-corrected chi connectivity index (χ3v) is 4.37. The second-order valence-corrected chi connectivity index (χ2v) is 6.31. The second kappa shape index (κ2) is 8.09. The summed E-state index contributed by atoms with van der Waals surface area (Å²) in [4.78, 5) is 14.5. The molecule has 0 saturated carbocycles. The lowest BCUT2D eigenvalue weighted by Crippen LogP contribution is -2.61. The number of rotatable bonds is 5. The highest BCUT2D eigenvalue weighted by molar-refractivity contribution is 7.09. The van der Waals surface area contributed by atoms with Crippen LogP contribution in [0.3, 0.4) is 0 Å². The number of nitrogens with one attached hydrogen (secondary N) is 1. The normalized spacial score (nSPS) is 28.4. The number of thiophene rings is 1. The number of carbonyl (C=O) groups is 1. The fourth-order valence-corrected chi connectivity index (χ4v) is 2.97. The molecule has 1 fully saturated rings. The van der Waals surface area contributed by atoms with Crippen molar-refractivity contribution in [3.8, 4) is 0 Å². The predicted octanol–water partition coefficient (Wildman–Crippen LogP) is -0.0625. The molecule has 0 radical (unpaired) electrons. The lowest BCUT2D eigenvalue weighted by molar-refractivity contribution is -0.220. The first kappa shape index (κ1) is 17.5. The van der Waals surface area contributed by atoms with E-state index >= 15 is 0 Å². The minimum Gasteiger partial charge on any atom is -0.388 e.